The predicted octanol–water partition coefficient (Wildman–Crippen LogP) is 3.53. The molecule has 7 heteroatoms. The van der Waals surface area contributed by atoms with Gasteiger partial charge in [-0.1, -0.05) is 54.0 Å². The molecule has 6 nitrogen and oxygen atoms in total. The second-order valence-electron chi connectivity index (χ2n) is 7.84. The smallest absolute Gasteiger partial charge is 0.232 e. The highest BCUT2D eigenvalue weighted by Gasteiger charge is 2.44. The third kappa shape index (κ3) is 4.44. The van der Waals surface area contributed by atoms with E-state index in [0.717, 1.165) is 17.0 Å². The fraction of sp³-hybridized carbons (Fsp3) is 0.526. The first-order chi connectivity index (χ1) is 12.3. The van der Waals surface area contributed by atoms with E-state index in [-0.39, 0.29) is 10.8 Å². The molecule has 1 aliphatic carbocycles. The highest BCUT2D eigenvalue weighted by molar-refractivity contribution is 9.10. The van der Waals surface area contributed by atoms with Crippen molar-refractivity contribution in [3.05, 3.63) is 46.0 Å². The van der Waals surface area contributed by atoms with Crippen molar-refractivity contribution in [2.24, 2.45) is 4.99 Å². The summed E-state index contributed by atoms with van der Waals surface area (Å²) in [5, 5.41) is 10.7. The minimum atomic E-state index is -0.145. The van der Waals surface area contributed by atoms with Crippen LogP contribution in [0.3, 0.4) is 0 Å². The quantitative estimate of drug-likeness (QED) is 0.572. The molecule has 0 aliphatic heterocycles. The molecule has 0 bridgehead atoms. The molecule has 0 amide bonds. The summed E-state index contributed by atoms with van der Waals surface area (Å²) in [4.78, 5) is 8.74. The second kappa shape index (κ2) is 7.39. The molecule has 0 atom stereocenters. The maximum Gasteiger partial charge on any atom is 0.232 e. The van der Waals surface area contributed by atoms with Gasteiger partial charge in [-0.05, 0) is 30.5 Å². The number of hydrogen-bond acceptors (Lipinski definition) is 4. The van der Waals surface area contributed by atoms with Gasteiger partial charge in [-0.25, -0.2) is 0 Å². The van der Waals surface area contributed by atoms with Gasteiger partial charge in [-0.15, -0.1) is 0 Å². The van der Waals surface area contributed by atoms with Gasteiger partial charge in [0.1, 0.15) is 0 Å². The third-order valence-corrected chi connectivity index (χ3v) is 5.13. The number of halogens is 1. The summed E-state index contributed by atoms with van der Waals surface area (Å²) in [7, 11) is 1.77. The zero-order chi connectivity index (χ0) is 18.8. The number of aromatic nitrogens is 2. The molecule has 140 valence electrons. The number of aliphatic imine (C=N–C) groups is 1. The first kappa shape index (κ1) is 18.9. The Morgan fingerprint density at radius 1 is 1.31 bits per heavy atom. The van der Waals surface area contributed by atoms with Gasteiger partial charge < -0.3 is 15.2 Å². The van der Waals surface area contributed by atoms with Crippen LogP contribution in [0.25, 0.3) is 0 Å². The summed E-state index contributed by atoms with van der Waals surface area (Å²) in [6.45, 7) is 7.48. The van der Waals surface area contributed by atoms with E-state index in [2.05, 4.69) is 86.7 Å². The third-order valence-electron chi connectivity index (χ3n) is 4.63. The van der Waals surface area contributed by atoms with Crippen LogP contribution in [-0.4, -0.2) is 29.7 Å². The standard InChI is InChI=1S/C19H26BrN5O/c1-18(2,3)16-24-15(25-26-16)11-22-17(21-4)23-12-19(8-9-19)13-6-5-7-14(20)10-13/h5-7,10H,8-9,11-12H2,1-4H3,(H2,21,22,23). The molecule has 0 radical (unpaired) electrons. The Kier molecular flexibility index (Phi) is 5.37. The van der Waals surface area contributed by atoms with Crippen molar-refractivity contribution in [1.29, 1.82) is 0 Å². The Morgan fingerprint density at radius 2 is 2.08 bits per heavy atom. The highest BCUT2D eigenvalue weighted by atomic mass is 79.9. The zero-order valence-electron chi connectivity index (χ0n) is 15.8. The molecule has 26 heavy (non-hydrogen) atoms. The van der Waals surface area contributed by atoms with E-state index in [9.17, 15) is 0 Å². The van der Waals surface area contributed by atoms with Crippen molar-refractivity contribution in [1.82, 2.24) is 20.8 Å². The summed E-state index contributed by atoms with van der Waals surface area (Å²) >= 11 is 3.56. The van der Waals surface area contributed by atoms with E-state index in [0.29, 0.717) is 18.3 Å². The largest absolute Gasteiger partial charge is 0.356 e. The molecule has 1 aromatic carbocycles. The van der Waals surface area contributed by atoms with Crippen molar-refractivity contribution >= 4 is 21.9 Å². The highest BCUT2D eigenvalue weighted by Crippen LogP contribution is 2.48. The van der Waals surface area contributed by atoms with E-state index >= 15 is 0 Å². The molecule has 1 fully saturated rings. The zero-order valence-corrected chi connectivity index (χ0v) is 17.4. The van der Waals surface area contributed by atoms with Gasteiger partial charge in [-0.2, -0.15) is 4.98 Å². The molecule has 1 saturated carbocycles. The van der Waals surface area contributed by atoms with E-state index in [1.807, 2.05) is 0 Å². The number of guanidine groups is 1. The Balaban J connectivity index is 1.55. The van der Waals surface area contributed by atoms with Crippen LogP contribution in [0.4, 0.5) is 0 Å². The summed E-state index contributed by atoms with van der Waals surface area (Å²) in [5.41, 5.74) is 1.42. The van der Waals surface area contributed by atoms with Gasteiger partial charge in [0.15, 0.2) is 11.8 Å². The van der Waals surface area contributed by atoms with Crippen LogP contribution in [0.15, 0.2) is 38.3 Å². The molecular formula is C19H26BrN5O. The Morgan fingerprint density at radius 3 is 2.65 bits per heavy atom. The summed E-state index contributed by atoms with van der Waals surface area (Å²) in [5.74, 6) is 2.02. The van der Waals surface area contributed by atoms with Crippen LogP contribution in [0.2, 0.25) is 0 Å². The maximum absolute atomic E-state index is 5.32. The molecule has 0 saturated heterocycles. The minimum Gasteiger partial charge on any atom is -0.356 e. The Hall–Kier alpha value is -1.89. The van der Waals surface area contributed by atoms with Gasteiger partial charge in [0.25, 0.3) is 0 Å². The maximum atomic E-state index is 5.32. The summed E-state index contributed by atoms with van der Waals surface area (Å²) in [6, 6.07) is 8.56. The van der Waals surface area contributed by atoms with Crippen LogP contribution >= 0.6 is 15.9 Å². The fourth-order valence-corrected chi connectivity index (χ4v) is 3.20. The van der Waals surface area contributed by atoms with E-state index < -0.39 is 0 Å². The molecule has 3 rings (SSSR count). The lowest BCUT2D eigenvalue weighted by Gasteiger charge is -2.19. The number of nitrogens with one attached hydrogen (secondary N) is 2. The average Bonchev–Trinajstić information content (AvgIpc) is 3.22. The fourth-order valence-electron chi connectivity index (χ4n) is 2.80. The second-order valence-corrected chi connectivity index (χ2v) is 8.75. The predicted molar refractivity (Wildman–Crippen MR) is 106 cm³/mol. The van der Waals surface area contributed by atoms with Crippen LogP contribution < -0.4 is 10.6 Å². The first-order valence-corrected chi connectivity index (χ1v) is 9.65. The SMILES string of the molecule is CN=C(NCc1noc(C(C)(C)C)n1)NCC1(c2cccc(Br)c2)CC1. The molecule has 0 spiro atoms. The molecule has 2 N–H and O–H groups in total. The normalized spacial score (nSPS) is 16.4. The molecule has 2 aromatic rings. The van der Waals surface area contributed by atoms with E-state index in [1.54, 1.807) is 7.05 Å². The lowest BCUT2D eigenvalue weighted by Crippen LogP contribution is -2.41. The van der Waals surface area contributed by atoms with Crippen molar-refractivity contribution in [3.8, 4) is 0 Å². The van der Waals surface area contributed by atoms with Crippen molar-refractivity contribution in [2.45, 2.75) is 51.0 Å². The van der Waals surface area contributed by atoms with Gasteiger partial charge in [0.05, 0.1) is 6.54 Å². The number of rotatable bonds is 5. The number of benzene rings is 1. The van der Waals surface area contributed by atoms with Crippen LogP contribution in [0, 0.1) is 0 Å². The molecule has 1 aliphatic rings. The minimum absolute atomic E-state index is 0.145. The van der Waals surface area contributed by atoms with Crippen molar-refractivity contribution < 1.29 is 4.52 Å². The summed E-state index contributed by atoms with van der Waals surface area (Å²) in [6.07, 6.45) is 2.38. The molecule has 1 aromatic heterocycles. The van der Waals surface area contributed by atoms with Gasteiger partial charge >= 0.3 is 0 Å². The van der Waals surface area contributed by atoms with Gasteiger partial charge in [0.2, 0.25) is 5.89 Å². The van der Waals surface area contributed by atoms with Gasteiger partial charge in [-0.3, -0.25) is 4.99 Å². The van der Waals surface area contributed by atoms with Crippen LogP contribution in [-0.2, 0) is 17.4 Å². The van der Waals surface area contributed by atoms with Crippen LogP contribution in [0.1, 0.15) is 50.9 Å². The van der Waals surface area contributed by atoms with Crippen molar-refractivity contribution in [2.75, 3.05) is 13.6 Å². The topological polar surface area (TPSA) is 75.3 Å². The average molecular weight is 420 g/mol. The number of hydrogen-bond donors (Lipinski definition) is 2. The Labute approximate surface area is 163 Å². The lowest BCUT2D eigenvalue weighted by molar-refractivity contribution is 0.318. The van der Waals surface area contributed by atoms with Gasteiger partial charge in [0, 0.05) is 28.9 Å². The lowest BCUT2D eigenvalue weighted by atomic mass is 9.96. The van der Waals surface area contributed by atoms with Crippen molar-refractivity contribution in [3.63, 3.8) is 0 Å². The monoisotopic (exact) mass is 419 g/mol. The molecule has 0 unspecified atom stereocenters. The molecule has 1 heterocycles. The number of nitrogens with zero attached hydrogens (tertiary/aromatic N) is 3. The molecular weight excluding hydrogens is 394 g/mol. The Bertz CT molecular complexity index is 789. The van der Waals surface area contributed by atoms with E-state index in [1.165, 1.54) is 18.4 Å². The van der Waals surface area contributed by atoms with E-state index in [4.69, 9.17) is 4.52 Å². The summed E-state index contributed by atoms with van der Waals surface area (Å²) < 4.78 is 6.44. The van der Waals surface area contributed by atoms with Crippen LogP contribution in [0.5, 0.6) is 0 Å². The first-order valence-electron chi connectivity index (χ1n) is 8.86.